The lowest BCUT2D eigenvalue weighted by atomic mass is 10.2. The van der Waals surface area contributed by atoms with E-state index in [1.165, 1.54) is 0 Å². The molecule has 0 radical (unpaired) electrons. The summed E-state index contributed by atoms with van der Waals surface area (Å²) in [5, 5.41) is 0.278. The Balaban J connectivity index is 3.68. The molecular weight excluding hydrogens is 142 g/mol. The quantitative estimate of drug-likeness (QED) is 0.630. The molecule has 0 bridgehead atoms. The number of nitrogens with two attached hydrogens (primary N) is 1. The zero-order valence-electron chi connectivity index (χ0n) is 7.64. The van der Waals surface area contributed by atoms with Gasteiger partial charge in [0.05, 0.1) is 5.37 Å². The van der Waals surface area contributed by atoms with Gasteiger partial charge in [0.2, 0.25) is 0 Å². The highest BCUT2D eigenvalue weighted by molar-refractivity contribution is 8.01. The molecule has 0 aromatic carbocycles. The van der Waals surface area contributed by atoms with Gasteiger partial charge >= 0.3 is 0 Å². The second kappa shape index (κ2) is 3.63. The van der Waals surface area contributed by atoms with Crippen LogP contribution in [-0.2, 0) is 0 Å². The van der Waals surface area contributed by atoms with Gasteiger partial charge in [0, 0.05) is 4.75 Å². The van der Waals surface area contributed by atoms with Gasteiger partial charge in [0.15, 0.2) is 0 Å². The van der Waals surface area contributed by atoms with Crippen LogP contribution in [0.3, 0.4) is 0 Å². The van der Waals surface area contributed by atoms with E-state index in [0.717, 1.165) is 0 Å². The van der Waals surface area contributed by atoms with Crippen molar-refractivity contribution in [2.75, 3.05) is 0 Å². The van der Waals surface area contributed by atoms with Crippen LogP contribution in [0.2, 0.25) is 0 Å². The lowest BCUT2D eigenvalue weighted by Gasteiger charge is -2.24. The van der Waals surface area contributed by atoms with E-state index < -0.39 is 0 Å². The van der Waals surface area contributed by atoms with Crippen molar-refractivity contribution < 1.29 is 0 Å². The van der Waals surface area contributed by atoms with Crippen LogP contribution >= 0.6 is 11.8 Å². The Labute approximate surface area is 68.8 Å². The largest absolute Gasteiger partial charge is 0.319 e. The second-order valence-corrected chi connectivity index (χ2v) is 5.94. The summed E-state index contributed by atoms with van der Waals surface area (Å²) in [4.78, 5) is 0. The second-order valence-electron chi connectivity index (χ2n) is 3.94. The average molecular weight is 161 g/mol. The van der Waals surface area contributed by atoms with E-state index in [4.69, 9.17) is 5.73 Å². The van der Waals surface area contributed by atoms with E-state index in [1.54, 1.807) is 0 Å². The monoisotopic (exact) mass is 161 g/mol. The Morgan fingerprint density at radius 2 is 1.60 bits per heavy atom. The third-order valence-corrected chi connectivity index (χ3v) is 2.67. The highest BCUT2D eigenvalue weighted by Crippen LogP contribution is 2.28. The summed E-state index contributed by atoms with van der Waals surface area (Å²) in [7, 11) is 0. The summed E-state index contributed by atoms with van der Waals surface area (Å²) in [6.45, 7) is 10.9. The zero-order valence-corrected chi connectivity index (χ0v) is 8.46. The first-order valence-electron chi connectivity index (χ1n) is 3.76. The SMILES string of the molecule is CC(C)C(N)SC(C)(C)C. The highest BCUT2D eigenvalue weighted by atomic mass is 32.2. The van der Waals surface area contributed by atoms with Crippen LogP contribution in [0.4, 0.5) is 0 Å². The van der Waals surface area contributed by atoms with Gasteiger partial charge in [-0.15, -0.1) is 11.8 Å². The Morgan fingerprint density at radius 3 is 1.70 bits per heavy atom. The maximum absolute atomic E-state index is 5.87. The predicted molar refractivity (Wildman–Crippen MR) is 50.2 cm³/mol. The molecule has 0 saturated heterocycles. The molecular formula is C8H19NS. The summed E-state index contributed by atoms with van der Waals surface area (Å²) >= 11 is 1.84. The Bertz CT molecular complexity index is 93.9. The summed E-state index contributed by atoms with van der Waals surface area (Å²) in [5.41, 5.74) is 5.87. The van der Waals surface area contributed by atoms with Crippen LogP contribution in [0.15, 0.2) is 0 Å². The first-order valence-corrected chi connectivity index (χ1v) is 4.64. The van der Waals surface area contributed by atoms with Crippen molar-refractivity contribution in [1.82, 2.24) is 0 Å². The Hall–Kier alpha value is 0.310. The minimum atomic E-state index is 0.278. The molecule has 0 aliphatic rings. The fourth-order valence-electron chi connectivity index (χ4n) is 0.544. The Morgan fingerprint density at radius 1 is 1.20 bits per heavy atom. The van der Waals surface area contributed by atoms with E-state index in [2.05, 4.69) is 34.6 Å². The highest BCUT2D eigenvalue weighted by Gasteiger charge is 2.17. The minimum Gasteiger partial charge on any atom is -0.319 e. The average Bonchev–Trinajstić information content (AvgIpc) is 1.60. The molecule has 0 saturated carbocycles. The van der Waals surface area contributed by atoms with Gasteiger partial charge < -0.3 is 5.73 Å². The molecule has 0 fully saturated rings. The van der Waals surface area contributed by atoms with Crippen molar-refractivity contribution in [3.05, 3.63) is 0 Å². The van der Waals surface area contributed by atoms with Crippen molar-refractivity contribution in [2.45, 2.75) is 44.7 Å². The van der Waals surface area contributed by atoms with Crippen LogP contribution in [0.25, 0.3) is 0 Å². The van der Waals surface area contributed by atoms with E-state index in [9.17, 15) is 0 Å². The van der Waals surface area contributed by atoms with Gasteiger partial charge in [0.1, 0.15) is 0 Å². The molecule has 1 nitrogen and oxygen atoms in total. The predicted octanol–water partition coefficient (Wildman–Crippen LogP) is 2.46. The van der Waals surface area contributed by atoms with Crippen LogP contribution in [0.5, 0.6) is 0 Å². The topological polar surface area (TPSA) is 26.0 Å². The molecule has 0 amide bonds. The standard InChI is InChI=1S/C8H19NS/c1-6(2)7(9)10-8(3,4)5/h6-7H,9H2,1-5H3. The first-order chi connectivity index (χ1) is 4.33. The molecule has 2 N–H and O–H groups in total. The minimum absolute atomic E-state index is 0.278. The fraction of sp³-hybridized carbons (Fsp3) is 1.00. The molecule has 62 valence electrons. The fourth-order valence-corrected chi connectivity index (χ4v) is 1.63. The summed E-state index contributed by atoms with van der Waals surface area (Å²) in [5.74, 6) is 0.573. The van der Waals surface area contributed by atoms with Gasteiger partial charge in [-0.2, -0.15) is 0 Å². The van der Waals surface area contributed by atoms with Crippen LogP contribution in [0, 0.1) is 5.92 Å². The van der Waals surface area contributed by atoms with E-state index in [-0.39, 0.29) is 5.37 Å². The summed E-state index contributed by atoms with van der Waals surface area (Å²) < 4.78 is 0.295. The number of rotatable bonds is 2. The molecule has 0 aromatic heterocycles. The summed E-state index contributed by atoms with van der Waals surface area (Å²) in [6.07, 6.45) is 0. The smallest absolute Gasteiger partial charge is 0.0535 e. The van der Waals surface area contributed by atoms with E-state index in [1.807, 2.05) is 11.8 Å². The van der Waals surface area contributed by atoms with Crippen molar-refractivity contribution in [1.29, 1.82) is 0 Å². The molecule has 1 unspecified atom stereocenters. The third-order valence-electron chi connectivity index (χ3n) is 1.15. The maximum Gasteiger partial charge on any atom is 0.0535 e. The normalized spacial score (nSPS) is 15.9. The van der Waals surface area contributed by atoms with Gasteiger partial charge in [0.25, 0.3) is 0 Å². The zero-order chi connectivity index (χ0) is 8.36. The van der Waals surface area contributed by atoms with Crippen molar-refractivity contribution in [3.63, 3.8) is 0 Å². The van der Waals surface area contributed by atoms with Crippen molar-refractivity contribution in [3.8, 4) is 0 Å². The van der Waals surface area contributed by atoms with E-state index >= 15 is 0 Å². The molecule has 0 heterocycles. The van der Waals surface area contributed by atoms with Crippen molar-refractivity contribution >= 4 is 11.8 Å². The van der Waals surface area contributed by atoms with Gasteiger partial charge in [-0.1, -0.05) is 34.6 Å². The first kappa shape index (κ1) is 10.3. The van der Waals surface area contributed by atoms with Crippen LogP contribution in [-0.4, -0.2) is 10.1 Å². The third kappa shape index (κ3) is 5.12. The van der Waals surface area contributed by atoms with Gasteiger partial charge in [-0.3, -0.25) is 0 Å². The molecule has 10 heavy (non-hydrogen) atoms. The molecule has 0 aromatic rings. The molecule has 0 aliphatic carbocycles. The van der Waals surface area contributed by atoms with Crippen molar-refractivity contribution in [2.24, 2.45) is 11.7 Å². The molecule has 2 heteroatoms. The summed E-state index contributed by atoms with van der Waals surface area (Å²) in [6, 6.07) is 0. The molecule has 0 aliphatic heterocycles. The lowest BCUT2D eigenvalue weighted by molar-refractivity contribution is 0.615. The Kier molecular flexibility index (Phi) is 3.74. The van der Waals surface area contributed by atoms with Gasteiger partial charge in [-0.05, 0) is 5.92 Å². The number of hydrogen-bond acceptors (Lipinski definition) is 2. The van der Waals surface area contributed by atoms with Crippen LogP contribution < -0.4 is 5.73 Å². The lowest BCUT2D eigenvalue weighted by Crippen LogP contribution is -2.27. The number of thioether (sulfide) groups is 1. The van der Waals surface area contributed by atoms with E-state index in [0.29, 0.717) is 10.7 Å². The molecule has 0 spiro atoms. The maximum atomic E-state index is 5.87. The van der Waals surface area contributed by atoms with Gasteiger partial charge in [-0.25, -0.2) is 0 Å². The van der Waals surface area contributed by atoms with Crippen LogP contribution in [0.1, 0.15) is 34.6 Å². The molecule has 0 rings (SSSR count). The molecule has 1 atom stereocenters. The number of hydrogen-bond donors (Lipinski definition) is 1.